The zero-order valence-corrected chi connectivity index (χ0v) is 12.4. The summed E-state index contributed by atoms with van der Waals surface area (Å²) in [6.07, 6.45) is 1.57. The zero-order valence-electron chi connectivity index (χ0n) is 11.6. The van der Waals surface area contributed by atoms with Gasteiger partial charge in [0.05, 0.1) is 5.56 Å². The third kappa shape index (κ3) is 5.00. The van der Waals surface area contributed by atoms with Crippen molar-refractivity contribution in [2.24, 2.45) is 0 Å². The third-order valence-corrected chi connectivity index (χ3v) is 3.56. The van der Waals surface area contributed by atoms with E-state index in [4.69, 9.17) is 5.11 Å². The van der Waals surface area contributed by atoms with Gasteiger partial charge in [0.2, 0.25) is 0 Å². The molecule has 0 radical (unpaired) electrons. The molecule has 0 aliphatic carbocycles. The molecule has 2 atom stereocenters. The van der Waals surface area contributed by atoms with Gasteiger partial charge in [-0.1, -0.05) is 6.07 Å². The fourth-order valence-corrected chi connectivity index (χ4v) is 2.45. The van der Waals surface area contributed by atoms with Gasteiger partial charge in [0.25, 0.3) is 0 Å². The van der Waals surface area contributed by atoms with Crippen molar-refractivity contribution in [1.29, 1.82) is 0 Å². The summed E-state index contributed by atoms with van der Waals surface area (Å²) in [4.78, 5) is 22.7. The van der Waals surface area contributed by atoms with Crippen LogP contribution in [0.2, 0.25) is 0 Å². The molecule has 6 nitrogen and oxygen atoms in total. The Hall–Kier alpha value is -1.89. The summed E-state index contributed by atoms with van der Waals surface area (Å²) >= 11 is 0. The largest absolute Gasteiger partial charge is 0.478 e. The third-order valence-electron chi connectivity index (χ3n) is 2.59. The van der Waals surface area contributed by atoms with Crippen molar-refractivity contribution in [2.45, 2.75) is 19.9 Å². The van der Waals surface area contributed by atoms with Gasteiger partial charge in [-0.2, -0.15) is 0 Å². The fraction of sp³-hybridized carbons (Fsp3) is 0.385. The quantitative estimate of drug-likeness (QED) is 0.769. The SMILES string of the molecule is Cc1ccc(C(=O)O)cc1NC(=O)NC(C)CS(C)=O. The van der Waals surface area contributed by atoms with E-state index in [1.54, 1.807) is 26.2 Å². The Bertz CT molecular complexity index is 545. The Morgan fingerprint density at radius 3 is 2.60 bits per heavy atom. The van der Waals surface area contributed by atoms with Crippen LogP contribution in [0.15, 0.2) is 18.2 Å². The Morgan fingerprint density at radius 1 is 1.40 bits per heavy atom. The highest BCUT2D eigenvalue weighted by atomic mass is 32.2. The first-order valence-corrected chi connectivity index (χ1v) is 7.73. The van der Waals surface area contributed by atoms with E-state index >= 15 is 0 Å². The van der Waals surface area contributed by atoms with E-state index in [1.807, 2.05) is 0 Å². The van der Waals surface area contributed by atoms with E-state index in [2.05, 4.69) is 10.6 Å². The van der Waals surface area contributed by atoms with Crippen molar-refractivity contribution in [3.05, 3.63) is 29.3 Å². The van der Waals surface area contributed by atoms with Crippen molar-refractivity contribution in [3.8, 4) is 0 Å². The van der Waals surface area contributed by atoms with Gasteiger partial charge in [0.1, 0.15) is 0 Å². The second-order valence-corrected chi connectivity index (χ2v) is 6.05. The smallest absolute Gasteiger partial charge is 0.335 e. The summed E-state index contributed by atoms with van der Waals surface area (Å²) in [6, 6.07) is 3.82. The van der Waals surface area contributed by atoms with E-state index < -0.39 is 22.8 Å². The molecule has 2 amide bonds. The molecule has 0 bridgehead atoms. The number of nitrogens with one attached hydrogen (secondary N) is 2. The molecule has 1 rings (SSSR count). The van der Waals surface area contributed by atoms with E-state index in [0.717, 1.165) is 5.56 Å². The number of aryl methyl sites for hydroxylation is 1. The minimum Gasteiger partial charge on any atom is -0.478 e. The normalized spacial score (nSPS) is 13.3. The molecule has 3 N–H and O–H groups in total. The van der Waals surface area contributed by atoms with Gasteiger partial charge >= 0.3 is 12.0 Å². The summed E-state index contributed by atoms with van der Waals surface area (Å²) in [6.45, 7) is 3.52. The van der Waals surface area contributed by atoms with Crippen LogP contribution in [0.4, 0.5) is 10.5 Å². The van der Waals surface area contributed by atoms with Gasteiger partial charge in [-0.25, -0.2) is 9.59 Å². The van der Waals surface area contributed by atoms with Gasteiger partial charge in [0.15, 0.2) is 0 Å². The number of carboxylic acids is 1. The lowest BCUT2D eigenvalue weighted by atomic mass is 10.1. The highest BCUT2D eigenvalue weighted by molar-refractivity contribution is 7.84. The first kappa shape index (κ1) is 16.2. The fourth-order valence-electron chi connectivity index (χ4n) is 1.67. The van der Waals surface area contributed by atoms with Gasteiger partial charge in [-0.15, -0.1) is 0 Å². The van der Waals surface area contributed by atoms with Crippen LogP contribution in [-0.2, 0) is 10.8 Å². The van der Waals surface area contributed by atoms with Gasteiger partial charge < -0.3 is 15.7 Å². The number of amides is 2. The molecular weight excluding hydrogens is 280 g/mol. The molecule has 0 fully saturated rings. The maximum absolute atomic E-state index is 11.8. The zero-order chi connectivity index (χ0) is 15.3. The molecular formula is C13H18N2O4S. The van der Waals surface area contributed by atoms with E-state index in [-0.39, 0.29) is 11.6 Å². The van der Waals surface area contributed by atoms with Crippen LogP contribution in [0.25, 0.3) is 0 Å². The molecule has 0 aliphatic rings. The van der Waals surface area contributed by atoms with Crippen LogP contribution < -0.4 is 10.6 Å². The van der Waals surface area contributed by atoms with Crippen LogP contribution in [0.5, 0.6) is 0 Å². The molecule has 0 saturated heterocycles. The molecule has 0 spiro atoms. The van der Waals surface area contributed by atoms with E-state index in [0.29, 0.717) is 11.4 Å². The molecule has 0 heterocycles. The molecule has 20 heavy (non-hydrogen) atoms. The van der Waals surface area contributed by atoms with Crippen LogP contribution in [0, 0.1) is 6.92 Å². The standard InChI is InChI=1S/C13H18N2O4S/c1-8-4-5-10(12(16)17)6-11(8)15-13(18)14-9(2)7-20(3)19/h4-6,9H,7H2,1-3H3,(H,16,17)(H2,14,15,18). The Morgan fingerprint density at radius 2 is 2.05 bits per heavy atom. The second kappa shape index (κ2) is 7.04. The number of carboxylic acid groups (broad SMARTS) is 1. The highest BCUT2D eigenvalue weighted by Crippen LogP contribution is 2.16. The number of aromatic carboxylic acids is 1. The van der Waals surface area contributed by atoms with E-state index in [9.17, 15) is 13.8 Å². The molecule has 1 aromatic carbocycles. The molecule has 7 heteroatoms. The Labute approximate surface area is 120 Å². The first-order chi connectivity index (χ1) is 9.29. The monoisotopic (exact) mass is 298 g/mol. The first-order valence-electron chi connectivity index (χ1n) is 6.01. The number of hydrogen-bond acceptors (Lipinski definition) is 3. The summed E-state index contributed by atoms with van der Waals surface area (Å²) < 4.78 is 11.0. The summed E-state index contributed by atoms with van der Waals surface area (Å²) in [5, 5.41) is 14.2. The minimum absolute atomic E-state index is 0.105. The summed E-state index contributed by atoms with van der Waals surface area (Å²) in [7, 11) is -0.993. The highest BCUT2D eigenvalue weighted by Gasteiger charge is 2.11. The molecule has 1 aromatic rings. The number of benzene rings is 1. The van der Waals surface area contributed by atoms with Gasteiger partial charge in [-0.05, 0) is 31.5 Å². The number of hydrogen-bond donors (Lipinski definition) is 3. The van der Waals surface area contributed by atoms with Crippen molar-refractivity contribution in [1.82, 2.24) is 5.32 Å². The number of anilines is 1. The van der Waals surface area contributed by atoms with Crippen LogP contribution >= 0.6 is 0 Å². The molecule has 110 valence electrons. The van der Waals surface area contributed by atoms with Crippen molar-refractivity contribution in [2.75, 3.05) is 17.3 Å². The van der Waals surface area contributed by atoms with E-state index in [1.165, 1.54) is 12.1 Å². The average Bonchev–Trinajstić information content (AvgIpc) is 2.30. The number of rotatable bonds is 5. The van der Waals surface area contributed by atoms with Gasteiger partial charge in [0, 0.05) is 34.5 Å². The van der Waals surface area contributed by atoms with Crippen molar-refractivity contribution >= 4 is 28.5 Å². The summed E-state index contributed by atoms with van der Waals surface area (Å²) in [5.41, 5.74) is 1.30. The number of carbonyl (C=O) groups is 2. The second-order valence-electron chi connectivity index (χ2n) is 4.57. The lowest BCUT2D eigenvalue weighted by Gasteiger charge is -2.14. The van der Waals surface area contributed by atoms with Gasteiger partial charge in [-0.3, -0.25) is 4.21 Å². The molecule has 0 saturated carbocycles. The maximum Gasteiger partial charge on any atom is 0.335 e. The maximum atomic E-state index is 11.8. The predicted octanol–water partition coefficient (Wildman–Crippen LogP) is 1.58. The number of carbonyl (C=O) groups excluding carboxylic acids is 1. The summed E-state index contributed by atoms with van der Waals surface area (Å²) in [5.74, 6) is -0.690. The van der Waals surface area contributed by atoms with Crippen LogP contribution in [0.3, 0.4) is 0 Å². The average molecular weight is 298 g/mol. The van der Waals surface area contributed by atoms with Crippen molar-refractivity contribution in [3.63, 3.8) is 0 Å². The molecule has 2 unspecified atom stereocenters. The molecule has 0 aliphatic heterocycles. The van der Waals surface area contributed by atoms with Crippen LogP contribution in [0.1, 0.15) is 22.8 Å². The molecule has 0 aromatic heterocycles. The van der Waals surface area contributed by atoms with Crippen LogP contribution in [-0.4, -0.2) is 39.4 Å². The topological polar surface area (TPSA) is 95.5 Å². The number of urea groups is 1. The lowest BCUT2D eigenvalue weighted by molar-refractivity contribution is 0.0697. The van der Waals surface area contributed by atoms with Crippen molar-refractivity contribution < 1.29 is 18.9 Å². The lowest BCUT2D eigenvalue weighted by Crippen LogP contribution is -2.39. The minimum atomic E-state index is -1.05. The Kier molecular flexibility index (Phi) is 5.69. The Balaban J connectivity index is 2.72. The predicted molar refractivity (Wildman–Crippen MR) is 78.7 cm³/mol.